The molecule has 0 spiro atoms. The van der Waals surface area contributed by atoms with Gasteiger partial charge in [-0.25, -0.2) is 0 Å². The number of hydrogen-bond donors (Lipinski definition) is 0. The molecular weight excluding hydrogens is 298 g/mol. The van der Waals surface area contributed by atoms with E-state index in [-0.39, 0.29) is 5.91 Å². The van der Waals surface area contributed by atoms with Crippen molar-refractivity contribution in [3.05, 3.63) is 71.8 Å². The number of carbonyl (C=O) groups excluding carboxylic acids is 1. The van der Waals surface area contributed by atoms with E-state index in [9.17, 15) is 4.79 Å². The van der Waals surface area contributed by atoms with Gasteiger partial charge in [-0.1, -0.05) is 60.7 Å². The molecule has 24 heavy (non-hydrogen) atoms. The van der Waals surface area contributed by atoms with Crippen LogP contribution in [0.2, 0.25) is 0 Å². The Kier molecular flexibility index (Phi) is 6.02. The Morgan fingerprint density at radius 3 is 2.33 bits per heavy atom. The zero-order valence-electron chi connectivity index (χ0n) is 14.1. The lowest BCUT2D eigenvalue weighted by Crippen LogP contribution is -2.32. The molecule has 1 saturated heterocycles. The maximum atomic E-state index is 12.2. The summed E-state index contributed by atoms with van der Waals surface area (Å²) in [7, 11) is 0. The van der Waals surface area contributed by atoms with Crippen LogP contribution >= 0.6 is 0 Å². The molecule has 1 fully saturated rings. The third-order valence-electron chi connectivity index (χ3n) is 4.59. The van der Waals surface area contributed by atoms with Gasteiger partial charge < -0.3 is 9.64 Å². The van der Waals surface area contributed by atoms with Crippen molar-refractivity contribution in [2.75, 3.05) is 6.61 Å². The Morgan fingerprint density at radius 2 is 1.62 bits per heavy atom. The molecule has 2 aromatic rings. The molecule has 1 unspecified atom stereocenters. The zero-order chi connectivity index (χ0) is 16.6. The van der Waals surface area contributed by atoms with E-state index in [0.29, 0.717) is 19.1 Å². The maximum Gasteiger partial charge on any atom is 0.223 e. The number of hydrogen-bond acceptors (Lipinski definition) is 2. The lowest BCUT2D eigenvalue weighted by molar-refractivity contribution is -0.129. The molecule has 3 nitrogen and oxygen atoms in total. The first kappa shape index (κ1) is 16.7. The van der Waals surface area contributed by atoms with Gasteiger partial charge in [-0.05, 0) is 30.4 Å². The highest BCUT2D eigenvalue weighted by Crippen LogP contribution is 2.24. The molecule has 3 rings (SSSR count). The summed E-state index contributed by atoms with van der Waals surface area (Å²) in [5, 5.41) is 0. The molecule has 0 radical (unpaired) electrons. The number of likely N-dealkylation sites (tertiary alicyclic amines) is 1. The van der Waals surface area contributed by atoms with Crippen LogP contribution in [0.4, 0.5) is 0 Å². The number of rotatable bonds is 8. The van der Waals surface area contributed by atoms with Gasteiger partial charge in [0.15, 0.2) is 0 Å². The Morgan fingerprint density at radius 1 is 0.958 bits per heavy atom. The molecule has 2 aromatic carbocycles. The summed E-state index contributed by atoms with van der Waals surface area (Å²) in [6, 6.07) is 20.8. The largest absolute Gasteiger partial charge is 0.377 e. The summed E-state index contributed by atoms with van der Waals surface area (Å²) >= 11 is 0. The van der Waals surface area contributed by atoms with Crippen molar-refractivity contribution in [2.45, 2.75) is 44.9 Å². The van der Waals surface area contributed by atoms with Gasteiger partial charge in [0.1, 0.15) is 0 Å². The first-order chi connectivity index (χ1) is 11.8. The third-order valence-corrected chi connectivity index (χ3v) is 4.59. The molecular formula is C21H25NO2. The molecule has 0 saturated carbocycles. The standard InChI is InChI=1S/C21H25NO2/c23-21-14-13-20(22(21)16-18-8-3-1-4-9-18)12-7-15-24-17-19-10-5-2-6-11-19/h1-6,8-11,20H,7,12-17H2. The molecule has 1 aliphatic heterocycles. The molecule has 3 heteroatoms. The van der Waals surface area contributed by atoms with Crippen molar-refractivity contribution >= 4 is 5.91 Å². The molecule has 0 aromatic heterocycles. The van der Waals surface area contributed by atoms with Crippen LogP contribution < -0.4 is 0 Å². The average molecular weight is 323 g/mol. The van der Waals surface area contributed by atoms with Crippen LogP contribution in [0.5, 0.6) is 0 Å². The summed E-state index contributed by atoms with van der Waals surface area (Å²) in [6.07, 6.45) is 3.68. The normalized spacial score (nSPS) is 17.4. The second kappa shape index (κ2) is 8.65. The lowest BCUT2D eigenvalue weighted by Gasteiger charge is -2.25. The number of carbonyl (C=O) groups is 1. The quantitative estimate of drug-likeness (QED) is 0.682. The minimum Gasteiger partial charge on any atom is -0.377 e. The van der Waals surface area contributed by atoms with E-state index in [1.165, 1.54) is 11.1 Å². The van der Waals surface area contributed by atoms with Crippen LogP contribution in [0.15, 0.2) is 60.7 Å². The van der Waals surface area contributed by atoms with Gasteiger partial charge in [0.2, 0.25) is 5.91 Å². The van der Waals surface area contributed by atoms with Crippen molar-refractivity contribution in [1.29, 1.82) is 0 Å². The SMILES string of the molecule is O=C1CCC(CCCOCc2ccccc2)N1Cc1ccccc1. The molecule has 1 atom stereocenters. The number of benzene rings is 2. The summed E-state index contributed by atoms with van der Waals surface area (Å²) < 4.78 is 5.76. The fraction of sp³-hybridized carbons (Fsp3) is 0.381. The van der Waals surface area contributed by atoms with Crippen LogP contribution in [0.3, 0.4) is 0 Å². The van der Waals surface area contributed by atoms with Crippen LogP contribution in [0, 0.1) is 0 Å². The Hall–Kier alpha value is -2.13. The van der Waals surface area contributed by atoms with Gasteiger partial charge in [0.05, 0.1) is 6.61 Å². The van der Waals surface area contributed by atoms with Crippen molar-refractivity contribution < 1.29 is 9.53 Å². The van der Waals surface area contributed by atoms with E-state index in [1.54, 1.807) is 0 Å². The Labute approximate surface area is 144 Å². The van der Waals surface area contributed by atoms with Crippen LogP contribution in [0.1, 0.15) is 36.8 Å². The van der Waals surface area contributed by atoms with E-state index in [4.69, 9.17) is 4.74 Å². The molecule has 126 valence electrons. The summed E-state index contributed by atoms with van der Waals surface area (Å²) in [6.45, 7) is 2.14. The fourth-order valence-corrected chi connectivity index (χ4v) is 3.28. The van der Waals surface area contributed by atoms with E-state index in [2.05, 4.69) is 24.3 Å². The first-order valence-corrected chi connectivity index (χ1v) is 8.78. The summed E-state index contributed by atoms with van der Waals surface area (Å²) in [4.78, 5) is 14.2. The Bertz CT molecular complexity index is 627. The number of ether oxygens (including phenoxy) is 1. The highest BCUT2D eigenvalue weighted by molar-refractivity contribution is 5.78. The Balaban J connectivity index is 1.41. The van der Waals surface area contributed by atoms with Gasteiger partial charge >= 0.3 is 0 Å². The molecule has 0 bridgehead atoms. The van der Waals surface area contributed by atoms with Crippen LogP contribution in [-0.2, 0) is 22.7 Å². The topological polar surface area (TPSA) is 29.5 Å². The fourth-order valence-electron chi connectivity index (χ4n) is 3.28. The van der Waals surface area contributed by atoms with E-state index in [0.717, 1.165) is 32.4 Å². The molecule has 1 aliphatic rings. The van der Waals surface area contributed by atoms with Crippen molar-refractivity contribution in [1.82, 2.24) is 4.90 Å². The summed E-state index contributed by atoms with van der Waals surface area (Å²) in [5.41, 5.74) is 2.41. The van der Waals surface area contributed by atoms with Gasteiger partial charge in [-0.2, -0.15) is 0 Å². The van der Waals surface area contributed by atoms with E-state index < -0.39 is 0 Å². The van der Waals surface area contributed by atoms with Gasteiger partial charge in [-0.3, -0.25) is 4.79 Å². The molecule has 0 N–H and O–H groups in total. The minimum absolute atomic E-state index is 0.286. The van der Waals surface area contributed by atoms with Crippen LogP contribution in [-0.4, -0.2) is 23.5 Å². The summed E-state index contributed by atoms with van der Waals surface area (Å²) in [5.74, 6) is 0.286. The maximum absolute atomic E-state index is 12.2. The van der Waals surface area contributed by atoms with Crippen molar-refractivity contribution in [2.24, 2.45) is 0 Å². The van der Waals surface area contributed by atoms with Crippen molar-refractivity contribution in [3.63, 3.8) is 0 Å². The second-order valence-electron chi connectivity index (χ2n) is 6.38. The lowest BCUT2D eigenvalue weighted by atomic mass is 10.1. The third kappa shape index (κ3) is 4.68. The predicted molar refractivity (Wildman–Crippen MR) is 95.3 cm³/mol. The highest BCUT2D eigenvalue weighted by Gasteiger charge is 2.30. The van der Waals surface area contributed by atoms with Crippen LogP contribution in [0.25, 0.3) is 0 Å². The zero-order valence-corrected chi connectivity index (χ0v) is 14.1. The van der Waals surface area contributed by atoms with Crippen molar-refractivity contribution in [3.8, 4) is 0 Å². The molecule has 0 aliphatic carbocycles. The number of amides is 1. The second-order valence-corrected chi connectivity index (χ2v) is 6.38. The van der Waals surface area contributed by atoms with Gasteiger partial charge in [0, 0.05) is 25.6 Å². The smallest absolute Gasteiger partial charge is 0.223 e. The first-order valence-electron chi connectivity index (χ1n) is 8.78. The number of nitrogens with zero attached hydrogens (tertiary/aromatic N) is 1. The van der Waals surface area contributed by atoms with Gasteiger partial charge in [0.25, 0.3) is 0 Å². The monoisotopic (exact) mass is 323 g/mol. The van der Waals surface area contributed by atoms with Gasteiger partial charge in [-0.15, -0.1) is 0 Å². The highest BCUT2D eigenvalue weighted by atomic mass is 16.5. The average Bonchev–Trinajstić information content (AvgIpc) is 2.97. The predicted octanol–water partition coefficient (Wildman–Crippen LogP) is 4.17. The molecule has 1 amide bonds. The van der Waals surface area contributed by atoms with E-state index >= 15 is 0 Å². The van der Waals surface area contributed by atoms with E-state index in [1.807, 2.05) is 41.3 Å². The molecule has 1 heterocycles. The minimum atomic E-state index is 0.286.